The number of rotatable bonds is 5. The van der Waals surface area contributed by atoms with Crippen LogP contribution in [0, 0.1) is 5.41 Å². The van der Waals surface area contributed by atoms with E-state index in [1.807, 2.05) is 0 Å². The minimum Gasteiger partial charge on any atom is -0.303 e. The lowest BCUT2D eigenvalue weighted by atomic mass is 9.83. The molecule has 0 bridgehead atoms. The minimum absolute atomic E-state index is 0.0965. The van der Waals surface area contributed by atoms with Crippen molar-refractivity contribution >= 4 is 6.29 Å². The van der Waals surface area contributed by atoms with Crippen LogP contribution in [0.25, 0.3) is 0 Å². The van der Waals surface area contributed by atoms with E-state index < -0.39 is 0 Å². The Bertz CT molecular complexity index is 263. The SMILES string of the molecule is CCC(C=O)(CC)CN1CCN2CCCC2C1. The van der Waals surface area contributed by atoms with Crippen molar-refractivity contribution in [2.45, 2.75) is 45.6 Å². The number of carbonyl (C=O) groups excluding carboxylic acids is 1. The van der Waals surface area contributed by atoms with Crippen LogP contribution in [0.15, 0.2) is 0 Å². The highest BCUT2D eigenvalue weighted by atomic mass is 16.1. The number of aldehydes is 1. The van der Waals surface area contributed by atoms with Gasteiger partial charge in [-0.3, -0.25) is 9.80 Å². The number of piperazine rings is 1. The molecule has 17 heavy (non-hydrogen) atoms. The molecule has 0 radical (unpaired) electrons. The minimum atomic E-state index is -0.0965. The summed E-state index contributed by atoms with van der Waals surface area (Å²) >= 11 is 0. The Kier molecular flexibility index (Phi) is 4.21. The van der Waals surface area contributed by atoms with Gasteiger partial charge in [0, 0.05) is 37.6 Å². The van der Waals surface area contributed by atoms with Gasteiger partial charge in [-0.25, -0.2) is 0 Å². The Morgan fingerprint density at radius 2 is 2.00 bits per heavy atom. The van der Waals surface area contributed by atoms with Gasteiger partial charge in [0.05, 0.1) is 0 Å². The summed E-state index contributed by atoms with van der Waals surface area (Å²) in [5.74, 6) is 0. The van der Waals surface area contributed by atoms with Gasteiger partial charge >= 0.3 is 0 Å². The number of hydrogen-bond acceptors (Lipinski definition) is 3. The van der Waals surface area contributed by atoms with Crippen LogP contribution in [0.5, 0.6) is 0 Å². The van der Waals surface area contributed by atoms with Gasteiger partial charge in [0.25, 0.3) is 0 Å². The number of nitrogens with zero attached hydrogens (tertiary/aromatic N) is 2. The molecule has 0 saturated carbocycles. The van der Waals surface area contributed by atoms with Gasteiger partial charge in [0.2, 0.25) is 0 Å². The van der Waals surface area contributed by atoms with Gasteiger partial charge in [-0.1, -0.05) is 13.8 Å². The van der Waals surface area contributed by atoms with Crippen molar-refractivity contribution in [2.24, 2.45) is 5.41 Å². The highest BCUT2D eigenvalue weighted by molar-refractivity contribution is 5.59. The van der Waals surface area contributed by atoms with Crippen LogP contribution in [0.1, 0.15) is 39.5 Å². The molecule has 2 aliphatic heterocycles. The first-order chi connectivity index (χ1) is 8.23. The lowest BCUT2D eigenvalue weighted by Crippen LogP contribution is -2.53. The molecule has 0 aromatic heterocycles. The molecule has 3 heteroatoms. The molecular weight excluding hydrogens is 212 g/mol. The zero-order chi connectivity index (χ0) is 12.3. The predicted octanol–water partition coefficient (Wildman–Crippen LogP) is 1.77. The van der Waals surface area contributed by atoms with E-state index in [0.29, 0.717) is 0 Å². The Morgan fingerprint density at radius 1 is 1.24 bits per heavy atom. The van der Waals surface area contributed by atoms with E-state index in [4.69, 9.17) is 0 Å². The number of fused-ring (bicyclic) bond motifs is 1. The van der Waals surface area contributed by atoms with Crippen LogP contribution in [0.4, 0.5) is 0 Å². The molecule has 98 valence electrons. The fourth-order valence-corrected chi connectivity index (χ4v) is 3.32. The van der Waals surface area contributed by atoms with E-state index in [1.54, 1.807) is 0 Å². The Balaban J connectivity index is 1.92. The second-order valence-corrected chi connectivity index (χ2v) is 5.75. The van der Waals surface area contributed by atoms with Crippen LogP contribution in [0.2, 0.25) is 0 Å². The fraction of sp³-hybridized carbons (Fsp3) is 0.929. The van der Waals surface area contributed by atoms with Crippen LogP contribution >= 0.6 is 0 Å². The van der Waals surface area contributed by atoms with Crippen LogP contribution in [-0.2, 0) is 4.79 Å². The Hall–Kier alpha value is -0.410. The first-order valence-electron chi connectivity index (χ1n) is 7.16. The molecule has 2 fully saturated rings. The number of carbonyl (C=O) groups is 1. The average molecular weight is 238 g/mol. The third kappa shape index (κ3) is 2.71. The van der Waals surface area contributed by atoms with E-state index >= 15 is 0 Å². The second kappa shape index (κ2) is 5.49. The summed E-state index contributed by atoms with van der Waals surface area (Å²) in [4.78, 5) is 16.5. The van der Waals surface area contributed by atoms with Crippen molar-refractivity contribution < 1.29 is 4.79 Å². The Morgan fingerprint density at radius 3 is 2.65 bits per heavy atom. The summed E-state index contributed by atoms with van der Waals surface area (Å²) in [5.41, 5.74) is -0.0965. The molecule has 1 atom stereocenters. The third-order valence-electron chi connectivity index (χ3n) is 4.87. The summed E-state index contributed by atoms with van der Waals surface area (Å²) in [6, 6.07) is 0.766. The number of hydrogen-bond donors (Lipinski definition) is 0. The maximum atomic E-state index is 11.4. The van der Waals surface area contributed by atoms with Crippen molar-refractivity contribution in [1.82, 2.24) is 9.80 Å². The molecule has 0 amide bonds. The van der Waals surface area contributed by atoms with E-state index in [-0.39, 0.29) is 5.41 Å². The lowest BCUT2D eigenvalue weighted by molar-refractivity contribution is -0.118. The zero-order valence-electron chi connectivity index (χ0n) is 11.3. The first-order valence-corrected chi connectivity index (χ1v) is 7.16. The summed E-state index contributed by atoms with van der Waals surface area (Å²) < 4.78 is 0. The van der Waals surface area contributed by atoms with Crippen molar-refractivity contribution in [1.29, 1.82) is 0 Å². The van der Waals surface area contributed by atoms with Gasteiger partial charge in [-0.05, 0) is 32.2 Å². The topological polar surface area (TPSA) is 23.6 Å². The zero-order valence-corrected chi connectivity index (χ0v) is 11.3. The summed E-state index contributed by atoms with van der Waals surface area (Å²) in [6.45, 7) is 10.1. The summed E-state index contributed by atoms with van der Waals surface area (Å²) in [5, 5.41) is 0. The normalized spacial score (nSPS) is 27.1. The van der Waals surface area contributed by atoms with Gasteiger partial charge < -0.3 is 4.79 Å². The Labute approximate surface area is 105 Å². The van der Waals surface area contributed by atoms with Gasteiger partial charge in [0.15, 0.2) is 0 Å². The van der Waals surface area contributed by atoms with Gasteiger partial charge in [-0.15, -0.1) is 0 Å². The average Bonchev–Trinajstić information content (AvgIpc) is 2.83. The van der Waals surface area contributed by atoms with Crippen molar-refractivity contribution in [2.75, 3.05) is 32.7 Å². The highest BCUT2D eigenvalue weighted by Gasteiger charge is 2.34. The lowest BCUT2D eigenvalue weighted by Gasteiger charge is -2.41. The quantitative estimate of drug-likeness (QED) is 0.682. The molecule has 0 aliphatic carbocycles. The van der Waals surface area contributed by atoms with Crippen LogP contribution < -0.4 is 0 Å². The maximum Gasteiger partial charge on any atom is 0.127 e. The van der Waals surface area contributed by atoms with E-state index in [0.717, 1.165) is 32.0 Å². The molecule has 2 aliphatic rings. The molecule has 3 nitrogen and oxygen atoms in total. The largest absolute Gasteiger partial charge is 0.303 e. The molecule has 1 unspecified atom stereocenters. The van der Waals surface area contributed by atoms with Crippen molar-refractivity contribution in [3.63, 3.8) is 0 Å². The molecular formula is C14H26N2O. The molecule has 2 rings (SSSR count). The standard InChI is InChI=1S/C14H26N2O/c1-3-14(4-2,12-17)11-15-8-9-16-7-5-6-13(16)10-15/h12-13H,3-11H2,1-2H3. The molecule has 0 aromatic carbocycles. The molecule has 2 heterocycles. The van der Waals surface area contributed by atoms with E-state index in [9.17, 15) is 4.79 Å². The van der Waals surface area contributed by atoms with Gasteiger partial charge in [0.1, 0.15) is 6.29 Å². The molecule has 0 spiro atoms. The second-order valence-electron chi connectivity index (χ2n) is 5.75. The monoisotopic (exact) mass is 238 g/mol. The molecule has 0 aromatic rings. The van der Waals surface area contributed by atoms with E-state index in [1.165, 1.54) is 38.8 Å². The van der Waals surface area contributed by atoms with Crippen LogP contribution in [-0.4, -0.2) is 54.9 Å². The van der Waals surface area contributed by atoms with Crippen LogP contribution in [0.3, 0.4) is 0 Å². The maximum absolute atomic E-state index is 11.4. The third-order valence-corrected chi connectivity index (χ3v) is 4.87. The highest BCUT2D eigenvalue weighted by Crippen LogP contribution is 2.28. The van der Waals surface area contributed by atoms with Crippen molar-refractivity contribution in [3.8, 4) is 0 Å². The molecule has 2 saturated heterocycles. The predicted molar refractivity (Wildman–Crippen MR) is 70.1 cm³/mol. The van der Waals surface area contributed by atoms with E-state index in [2.05, 4.69) is 23.6 Å². The molecule has 0 N–H and O–H groups in total. The first kappa shape index (κ1) is 13.0. The summed E-state index contributed by atoms with van der Waals surface area (Å²) in [7, 11) is 0. The van der Waals surface area contributed by atoms with Gasteiger partial charge in [-0.2, -0.15) is 0 Å². The smallest absolute Gasteiger partial charge is 0.127 e. The summed E-state index contributed by atoms with van der Waals surface area (Å²) in [6.07, 6.45) is 5.85. The fourth-order valence-electron chi connectivity index (χ4n) is 3.32. The van der Waals surface area contributed by atoms with Crippen molar-refractivity contribution in [3.05, 3.63) is 0 Å².